The fourth-order valence-corrected chi connectivity index (χ4v) is 3.15. The Morgan fingerprint density at radius 3 is 2.77 bits per heavy atom. The van der Waals surface area contributed by atoms with E-state index in [-0.39, 0.29) is 0 Å². The summed E-state index contributed by atoms with van der Waals surface area (Å²) in [4.78, 5) is 6.86. The molecule has 4 heteroatoms. The Morgan fingerprint density at radius 1 is 1.54 bits per heavy atom. The first-order chi connectivity index (χ1) is 6.25. The van der Waals surface area contributed by atoms with E-state index in [4.69, 9.17) is 0 Å². The molecule has 1 saturated heterocycles. The van der Waals surface area contributed by atoms with Gasteiger partial charge >= 0.3 is 0 Å². The van der Waals surface area contributed by atoms with Gasteiger partial charge in [-0.3, -0.25) is 0 Å². The fraction of sp³-hybridized carbons (Fsp3) is 0.667. The van der Waals surface area contributed by atoms with Crippen molar-refractivity contribution in [3.8, 4) is 0 Å². The van der Waals surface area contributed by atoms with Crippen LogP contribution in [0, 0.1) is 0 Å². The first-order valence-corrected chi connectivity index (χ1v) is 6.22. The fourth-order valence-electron chi connectivity index (χ4n) is 1.71. The monoisotopic (exact) mass is 260 g/mol. The molecule has 0 radical (unpaired) electrons. The van der Waals surface area contributed by atoms with Gasteiger partial charge in [0.1, 0.15) is 4.60 Å². The zero-order valence-corrected chi connectivity index (χ0v) is 10.1. The number of halogens is 1. The van der Waals surface area contributed by atoms with Gasteiger partial charge in [0.05, 0.1) is 5.01 Å². The number of hydrogen-bond acceptors (Lipinski definition) is 3. The van der Waals surface area contributed by atoms with Crippen LogP contribution in [0.4, 0.5) is 0 Å². The van der Waals surface area contributed by atoms with Crippen LogP contribution < -0.4 is 0 Å². The van der Waals surface area contributed by atoms with Gasteiger partial charge in [-0.2, -0.15) is 0 Å². The molecule has 1 aromatic rings. The van der Waals surface area contributed by atoms with E-state index >= 15 is 0 Å². The topological polar surface area (TPSA) is 16.1 Å². The Bertz CT molecular complexity index is 279. The third-order valence-corrected chi connectivity index (χ3v) is 4.28. The predicted octanol–water partition coefficient (Wildman–Crippen LogP) is 2.71. The number of likely N-dealkylation sites (tertiary alicyclic amines) is 1. The van der Waals surface area contributed by atoms with E-state index in [1.807, 2.05) is 0 Å². The molecule has 1 aliphatic rings. The maximum Gasteiger partial charge on any atom is 0.117 e. The molecule has 0 aliphatic carbocycles. The highest BCUT2D eigenvalue weighted by Gasteiger charge is 2.20. The molecule has 1 fully saturated rings. The van der Waals surface area contributed by atoms with Crippen molar-refractivity contribution < 1.29 is 0 Å². The second-order valence-corrected chi connectivity index (χ2v) is 5.29. The third kappa shape index (κ3) is 2.30. The minimum absolute atomic E-state index is 0.701. The number of nitrogens with zero attached hydrogens (tertiary/aromatic N) is 2. The Balaban J connectivity index is 2.02. The minimum atomic E-state index is 0.701. The number of piperidine rings is 1. The minimum Gasteiger partial charge on any atom is -0.306 e. The Kier molecular flexibility index (Phi) is 3.01. The quantitative estimate of drug-likeness (QED) is 0.772. The lowest BCUT2D eigenvalue weighted by molar-refractivity contribution is 0.255. The molecule has 0 aromatic carbocycles. The van der Waals surface area contributed by atoms with E-state index in [1.54, 1.807) is 11.3 Å². The van der Waals surface area contributed by atoms with E-state index < -0.39 is 0 Å². The van der Waals surface area contributed by atoms with Crippen molar-refractivity contribution in [3.63, 3.8) is 0 Å². The SMILES string of the molecule is CN1CCC(c2nc(Br)cs2)CC1. The highest BCUT2D eigenvalue weighted by atomic mass is 79.9. The summed E-state index contributed by atoms with van der Waals surface area (Å²) in [6.45, 7) is 2.42. The van der Waals surface area contributed by atoms with Crippen LogP contribution in [0.2, 0.25) is 0 Å². The summed E-state index contributed by atoms with van der Waals surface area (Å²) in [7, 11) is 2.19. The van der Waals surface area contributed by atoms with Crippen molar-refractivity contribution in [3.05, 3.63) is 15.0 Å². The highest BCUT2D eigenvalue weighted by Crippen LogP contribution is 2.30. The van der Waals surface area contributed by atoms with Crippen LogP contribution in [0.5, 0.6) is 0 Å². The summed E-state index contributed by atoms with van der Waals surface area (Å²) in [6, 6.07) is 0. The molecule has 0 saturated carbocycles. The molecule has 0 atom stereocenters. The maximum absolute atomic E-state index is 4.48. The smallest absolute Gasteiger partial charge is 0.117 e. The van der Waals surface area contributed by atoms with Gasteiger partial charge in [-0.05, 0) is 48.9 Å². The Hall–Kier alpha value is 0.0700. The van der Waals surface area contributed by atoms with Crippen molar-refractivity contribution >= 4 is 27.3 Å². The number of aromatic nitrogens is 1. The van der Waals surface area contributed by atoms with Gasteiger partial charge < -0.3 is 4.90 Å². The second-order valence-electron chi connectivity index (χ2n) is 3.59. The van der Waals surface area contributed by atoms with Crippen LogP contribution in [0.3, 0.4) is 0 Å². The molecule has 0 bridgehead atoms. The normalized spacial score (nSPS) is 20.8. The highest BCUT2D eigenvalue weighted by molar-refractivity contribution is 9.10. The molecule has 0 spiro atoms. The van der Waals surface area contributed by atoms with Crippen LogP contribution in [0.15, 0.2) is 9.98 Å². The molecule has 2 rings (SSSR count). The maximum atomic E-state index is 4.48. The van der Waals surface area contributed by atoms with Gasteiger partial charge in [-0.25, -0.2) is 4.98 Å². The Labute approximate surface area is 91.1 Å². The van der Waals surface area contributed by atoms with Crippen molar-refractivity contribution in [2.75, 3.05) is 20.1 Å². The van der Waals surface area contributed by atoms with Gasteiger partial charge in [0.25, 0.3) is 0 Å². The largest absolute Gasteiger partial charge is 0.306 e. The van der Waals surface area contributed by atoms with E-state index in [1.165, 1.54) is 30.9 Å². The molecular weight excluding hydrogens is 248 g/mol. The molecule has 2 heterocycles. The lowest BCUT2D eigenvalue weighted by atomic mass is 9.98. The Morgan fingerprint density at radius 2 is 2.23 bits per heavy atom. The molecule has 1 aliphatic heterocycles. The van der Waals surface area contributed by atoms with Gasteiger partial charge in [0.15, 0.2) is 0 Å². The van der Waals surface area contributed by atoms with Crippen LogP contribution in [-0.4, -0.2) is 30.0 Å². The zero-order valence-electron chi connectivity index (χ0n) is 7.66. The van der Waals surface area contributed by atoms with Crippen molar-refractivity contribution in [2.24, 2.45) is 0 Å². The average Bonchev–Trinajstić information content (AvgIpc) is 2.53. The molecule has 72 valence electrons. The number of hydrogen-bond donors (Lipinski definition) is 0. The lowest BCUT2D eigenvalue weighted by Crippen LogP contribution is -2.29. The number of thiazole rings is 1. The molecule has 2 nitrogen and oxygen atoms in total. The van der Waals surface area contributed by atoms with Crippen molar-refractivity contribution in [2.45, 2.75) is 18.8 Å². The summed E-state index contributed by atoms with van der Waals surface area (Å²) >= 11 is 5.18. The summed E-state index contributed by atoms with van der Waals surface area (Å²) in [5.74, 6) is 0.701. The summed E-state index contributed by atoms with van der Waals surface area (Å²) in [5.41, 5.74) is 0. The first kappa shape index (κ1) is 9.62. The van der Waals surface area contributed by atoms with E-state index in [0.717, 1.165) is 4.60 Å². The van der Waals surface area contributed by atoms with Gasteiger partial charge in [0, 0.05) is 11.3 Å². The molecule has 13 heavy (non-hydrogen) atoms. The average molecular weight is 261 g/mol. The summed E-state index contributed by atoms with van der Waals surface area (Å²) < 4.78 is 0.992. The lowest BCUT2D eigenvalue weighted by Gasteiger charge is -2.27. The van der Waals surface area contributed by atoms with E-state index in [0.29, 0.717) is 5.92 Å². The van der Waals surface area contributed by atoms with Crippen LogP contribution in [-0.2, 0) is 0 Å². The standard InChI is InChI=1S/C9H13BrN2S/c1-12-4-2-7(3-5-12)9-11-8(10)6-13-9/h6-7H,2-5H2,1H3. The van der Waals surface area contributed by atoms with Gasteiger partial charge in [-0.15, -0.1) is 11.3 Å². The molecular formula is C9H13BrN2S. The predicted molar refractivity (Wildman–Crippen MR) is 59.3 cm³/mol. The zero-order chi connectivity index (χ0) is 9.26. The van der Waals surface area contributed by atoms with Gasteiger partial charge in [0.2, 0.25) is 0 Å². The van der Waals surface area contributed by atoms with E-state index in [9.17, 15) is 0 Å². The third-order valence-electron chi connectivity index (χ3n) is 2.56. The van der Waals surface area contributed by atoms with Crippen LogP contribution in [0.1, 0.15) is 23.8 Å². The van der Waals surface area contributed by atoms with Crippen molar-refractivity contribution in [1.29, 1.82) is 0 Å². The molecule has 0 amide bonds. The number of rotatable bonds is 1. The molecule has 1 aromatic heterocycles. The van der Waals surface area contributed by atoms with Gasteiger partial charge in [-0.1, -0.05) is 0 Å². The summed E-state index contributed by atoms with van der Waals surface area (Å²) in [5, 5.41) is 3.38. The van der Waals surface area contributed by atoms with Crippen molar-refractivity contribution in [1.82, 2.24) is 9.88 Å². The molecule has 0 N–H and O–H groups in total. The first-order valence-electron chi connectivity index (χ1n) is 4.55. The second kappa shape index (κ2) is 4.07. The van der Waals surface area contributed by atoms with Crippen LogP contribution >= 0.6 is 27.3 Å². The van der Waals surface area contributed by atoms with Crippen LogP contribution in [0.25, 0.3) is 0 Å². The van der Waals surface area contributed by atoms with E-state index in [2.05, 4.69) is 38.2 Å². The summed E-state index contributed by atoms with van der Waals surface area (Å²) in [6.07, 6.45) is 2.52. The molecule has 0 unspecified atom stereocenters.